The van der Waals surface area contributed by atoms with E-state index in [1.807, 2.05) is 0 Å². The summed E-state index contributed by atoms with van der Waals surface area (Å²) in [5, 5.41) is 8.75. The Morgan fingerprint density at radius 1 is 0.923 bits per heavy atom. The number of ether oxygens (including phenoxy) is 1. The molecule has 0 aliphatic heterocycles. The van der Waals surface area contributed by atoms with Crippen molar-refractivity contribution in [1.29, 1.82) is 0 Å². The van der Waals surface area contributed by atoms with E-state index in [1.165, 1.54) is 12.1 Å². The predicted octanol–water partition coefficient (Wildman–Crippen LogP) is 3.93. The van der Waals surface area contributed by atoms with Gasteiger partial charge in [0.2, 0.25) is 0 Å². The van der Waals surface area contributed by atoms with Crippen LogP contribution in [0.2, 0.25) is 0 Å². The first-order valence-electron chi connectivity index (χ1n) is 7.45. The maximum atomic E-state index is 10.6. The normalized spacial score (nSPS) is 9.96. The molecule has 0 saturated heterocycles. The highest BCUT2D eigenvalue weighted by Crippen LogP contribution is 2.18. The molecule has 2 aromatic carbocycles. The molecule has 0 aliphatic carbocycles. The zero-order valence-corrected chi connectivity index (χ0v) is 14.9. The van der Waals surface area contributed by atoms with Gasteiger partial charge in [-0.3, -0.25) is 4.18 Å². The van der Waals surface area contributed by atoms with Gasteiger partial charge in [0.1, 0.15) is 11.5 Å². The number of phenolic OH excluding ortho intramolecular Hbond substituents is 1. The molecule has 26 heavy (non-hydrogen) atoms. The summed E-state index contributed by atoms with van der Waals surface area (Å²) < 4.78 is 31.2. The summed E-state index contributed by atoms with van der Waals surface area (Å²) in [4.78, 5) is 6.41. The lowest BCUT2D eigenvalue weighted by Gasteiger charge is -2.05. The second kappa shape index (κ2) is 10.7. The molecule has 0 saturated carbocycles. The van der Waals surface area contributed by atoms with Gasteiger partial charge in [-0.1, -0.05) is 24.3 Å². The molecule has 0 atom stereocenters. The molecule has 0 unspecified atom stereocenters. The van der Waals surface area contributed by atoms with Crippen LogP contribution in [0.3, 0.4) is 0 Å². The number of hydrogen-bond donors (Lipinski definition) is 1. The van der Waals surface area contributed by atoms with Crippen molar-refractivity contribution in [3.63, 3.8) is 0 Å². The van der Waals surface area contributed by atoms with Gasteiger partial charge in [-0.05, 0) is 24.3 Å². The highest BCUT2D eigenvalue weighted by atomic mass is 32.2. The summed E-state index contributed by atoms with van der Waals surface area (Å²) in [6.07, 6.45) is 1.49. The Balaban J connectivity index is 0.000000314. The molecule has 1 N–H and O–H groups in total. The van der Waals surface area contributed by atoms with Crippen LogP contribution in [-0.4, -0.2) is 33.0 Å². The van der Waals surface area contributed by atoms with Crippen LogP contribution in [0.25, 0.3) is 9.69 Å². The highest BCUT2D eigenvalue weighted by Gasteiger charge is 2.01. The Bertz CT molecular complexity index is 864. The van der Waals surface area contributed by atoms with Gasteiger partial charge in [0, 0.05) is 6.42 Å². The molecule has 0 aliphatic rings. The van der Waals surface area contributed by atoms with Gasteiger partial charge in [0.15, 0.2) is 11.4 Å². The predicted molar refractivity (Wildman–Crippen MR) is 98.0 cm³/mol. The van der Waals surface area contributed by atoms with Crippen molar-refractivity contribution in [3.8, 4) is 11.5 Å². The molecule has 0 heterocycles. The molecular formula is C18H18N2O5S. The molecule has 0 fully saturated rings. The Hall–Kier alpha value is -3.07. The average molecular weight is 374 g/mol. The van der Waals surface area contributed by atoms with Crippen LogP contribution < -0.4 is 4.74 Å². The molecule has 8 heteroatoms. The summed E-state index contributed by atoms with van der Waals surface area (Å²) in [6.45, 7) is 13.8. The summed E-state index contributed by atoms with van der Waals surface area (Å²) >= 11 is 0. The van der Waals surface area contributed by atoms with E-state index in [4.69, 9.17) is 23.0 Å². The highest BCUT2D eigenvalue weighted by molar-refractivity contribution is 7.85. The number of hydrogen-bond acceptors (Lipinski definition) is 5. The van der Waals surface area contributed by atoms with Crippen LogP contribution in [0, 0.1) is 13.1 Å². The van der Waals surface area contributed by atoms with Gasteiger partial charge in [0.25, 0.3) is 10.1 Å². The molecule has 0 bridgehead atoms. The monoisotopic (exact) mass is 374 g/mol. The van der Waals surface area contributed by atoms with E-state index >= 15 is 0 Å². The molecule has 0 radical (unpaired) electrons. The second-order valence-electron chi connectivity index (χ2n) is 4.96. The van der Waals surface area contributed by atoms with E-state index in [1.54, 1.807) is 36.4 Å². The van der Waals surface area contributed by atoms with Gasteiger partial charge >= 0.3 is 0 Å². The minimum atomic E-state index is -3.37. The fourth-order valence-corrected chi connectivity index (χ4v) is 2.02. The zero-order valence-electron chi connectivity index (χ0n) is 14.1. The van der Waals surface area contributed by atoms with Crippen LogP contribution in [0.4, 0.5) is 11.4 Å². The lowest BCUT2D eigenvalue weighted by atomic mass is 10.3. The number of nitrogens with zero attached hydrogens (tertiary/aromatic N) is 2. The molecule has 0 amide bonds. The Labute approximate surface area is 153 Å². The average Bonchev–Trinajstić information content (AvgIpc) is 2.62. The minimum absolute atomic E-state index is 0.110. The quantitative estimate of drug-likeness (QED) is 0.471. The topological polar surface area (TPSA) is 81.5 Å². The molecular weight excluding hydrogens is 356 g/mol. The van der Waals surface area contributed by atoms with Gasteiger partial charge in [-0.2, -0.15) is 8.42 Å². The SMILES string of the molecule is [C-]#[N+]c1ccc(O)cc1.[C-]#[N+]c1ccc(OCCCOS(C)(=O)=O)cc1. The van der Waals surface area contributed by atoms with Gasteiger partial charge in [0.05, 0.1) is 32.6 Å². The van der Waals surface area contributed by atoms with E-state index in [-0.39, 0.29) is 12.4 Å². The smallest absolute Gasteiger partial charge is 0.264 e. The Kier molecular flexibility index (Phi) is 8.65. The maximum Gasteiger partial charge on any atom is 0.264 e. The van der Waals surface area contributed by atoms with E-state index in [2.05, 4.69) is 13.9 Å². The summed E-state index contributed by atoms with van der Waals surface area (Å²) in [5.74, 6) is 0.846. The van der Waals surface area contributed by atoms with Crippen molar-refractivity contribution >= 4 is 21.5 Å². The number of aromatic hydroxyl groups is 1. The fraction of sp³-hybridized carbons (Fsp3) is 0.222. The van der Waals surface area contributed by atoms with Crippen molar-refractivity contribution in [2.24, 2.45) is 0 Å². The lowest BCUT2D eigenvalue weighted by molar-refractivity contribution is 0.252. The Morgan fingerprint density at radius 3 is 1.88 bits per heavy atom. The van der Waals surface area contributed by atoms with Crippen LogP contribution in [-0.2, 0) is 14.3 Å². The molecule has 0 spiro atoms. The first-order chi connectivity index (χ1) is 12.3. The van der Waals surface area contributed by atoms with E-state index < -0.39 is 10.1 Å². The van der Waals surface area contributed by atoms with Gasteiger partial charge < -0.3 is 9.84 Å². The zero-order chi connectivity index (χ0) is 19.4. The molecule has 7 nitrogen and oxygen atoms in total. The number of rotatable bonds is 6. The molecule has 136 valence electrons. The third-order valence-corrected chi connectivity index (χ3v) is 3.39. The maximum absolute atomic E-state index is 10.6. The van der Waals surface area contributed by atoms with Crippen molar-refractivity contribution in [3.05, 3.63) is 71.4 Å². The van der Waals surface area contributed by atoms with Gasteiger partial charge in [-0.25, -0.2) is 9.69 Å². The van der Waals surface area contributed by atoms with Crippen molar-refractivity contribution in [1.82, 2.24) is 0 Å². The van der Waals surface area contributed by atoms with Crippen LogP contribution in [0.1, 0.15) is 6.42 Å². The first-order valence-corrected chi connectivity index (χ1v) is 9.27. The molecule has 2 rings (SSSR count). The standard InChI is InChI=1S/C11H13NO4S.C7H5NO/c1-12-10-4-6-11(7-5-10)15-8-3-9-16-17(2,13)14;1-8-6-2-4-7(9)5-3-6/h4-7H,3,8-9H2,2H3;2-5,9H. The summed E-state index contributed by atoms with van der Waals surface area (Å²) in [6, 6.07) is 12.9. The van der Waals surface area contributed by atoms with Crippen LogP contribution in [0.15, 0.2) is 48.5 Å². The largest absolute Gasteiger partial charge is 0.508 e. The third-order valence-electron chi connectivity index (χ3n) is 2.80. The van der Waals surface area contributed by atoms with Gasteiger partial charge in [-0.15, -0.1) is 0 Å². The Morgan fingerprint density at radius 2 is 1.42 bits per heavy atom. The van der Waals surface area contributed by atoms with Crippen molar-refractivity contribution < 1.29 is 22.4 Å². The third kappa shape index (κ3) is 9.28. The minimum Gasteiger partial charge on any atom is -0.508 e. The fourth-order valence-electron chi connectivity index (χ4n) is 1.60. The van der Waals surface area contributed by atoms with Crippen molar-refractivity contribution in [2.45, 2.75) is 6.42 Å². The summed E-state index contributed by atoms with van der Waals surface area (Å²) in [5.41, 5.74) is 1.10. The lowest BCUT2D eigenvalue weighted by Crippen LogP contribution is -2.07. The number of phenols is 1. The molecule has 0 aromatic heterocycles. The van der Waals surface area contributed by atoms with Crippen LogP contribution >= 0.6 is 0 Å². The first kappa shape index (κ1) is 21.0. The summed E-state index contributed by atoms with van der Waals surface area (Å²) in [7, 11) is -3.37. The second-order valence-corrected chi connectivity index (χ2v) is 6.61. The van der Waals surface area contributed by atoms with Crippen LogP contribution in [0.5, 0.6) is 11.5 Å². The molecule has 2 aromatic rings. The number of benzene rings is 2. The van der Waals surface area contributed by atoms with E-state index in [9.17, 15) is 8.42 Å². The van der Waals surface area contributed by atoms with Crippen molar-refractivity contribution in [2.75, 3.05) is 19.5 Å². The van der Waals surface area contributed by atoms with E-state index in [0.29, 0.717) is 30.2 Å². The van der Waals surface area contributed by atoms with E-state index in [0.717, 1.165) is 6.26 Å².